The lowest BCUT2D eigenvalue weighted by atomic mass is 9.96. The molecule has 50 heavy (non-hydrogen) atoms. The molecule has 0 spiro atoms. The molecule has 9 rings (SSSR count). The van der Waals surface area contributed by atoms with E-state index in [4.69, 9.17) is 0 Å². The van der Waals surface area contributed by atoms with Gasteiger partial charge in [-0.15, -0.1) is 0 Å². The molecule has 0 atom stereocenters. The Balaban J connectivity index is 1.45. The van der Waals surface area contributed by atoms with Gasteiger partial charge in [-0.2, -0.15) is 52.7 Å². The quantitative estimate of drug-likeness (QED) is 0.114. The molecule has 4 heterocycles. The Bertz CT molecular complexity index is 2730. The number of hydrogen-bond donors (Lipinski definition) is 0. The highest BCUT2D eigenvalue weighted by Gasteiger charge is 2.48. The molecule has 0 aliphatic rings. The standard InChI is InChI=1S/C30H6F12N8/c31-27(32,33)19-21(29(37,38)39)49-25-23(47-19)43-15-9-5-1-3-7-11(9)14(18(15)46-25)8-4-2-6-10-12(8)13(7)17-16(10)44-24-26(45-17)50-22(30(40,41)42)20(48-24)28(34,35)36/h1-6H. The number of halogens is 12. The van der Waals surface area contributed by atoms with Gasteiger partial charge < -0.3 is 0 Å². The molecule has 0 aliphatic heterocycles. The summed E-state index contributed by atoms with van der Waals surface area (Å²) in [7, 11) is 0. The van der Waals surface area contributed by atoms with E-state index in [9.17, 15) is 52.7 Å². The average Bonchev–Trinajstić information content (AvgIpc) is 3.52. The Kier molecular flexibility index (Phi) is 5.47. The minimum absolute atomic E-state index is 0.0325. The van der Waals surface area contributed by atoms with Crippen molar-refractivity contribution < 1.29 is 52.7 Å². The second kappa shape index (κ2) is 9.04. The van der Waals surface area contributed by atoms with Gasteiger partial charge in [-0.05, 0) is 10.8 Å². The van der Waals surface area contributed by atoms with Crippen LogP contribution in [0.5, 0.6) is 0 Å². The molecule has 0 saturated heterocycles. The van der Waals surface area contributed by atoms with Crippen molar-refractivity contribution in [2.75, 3.05) is 0 Å². The number of alkyl halides is 12. The zero-order valence-electron chi connectivity index (χ0n) is 23.6. The summed E-state index contributed by atoms with van der Waals surface area (Å²) in [5.41, 5.74) is -12.7. The van der Waals surface area contributed by atoms with Crippen molar-refractivity contribution in [3.05, 3.63) is 59.2 Å². The predicted molar refractivity (Wildman–Crippen MR) is 151 cm³/mol. The van der Waals surface area contributed by atoms with Crippen LogP contribution in [0.3, 0.4) is 0 Å². The molecule has 8 nitrogen and oxygen atoms in total. The van der Waals surface area contributed by atoms with Crippen LogP contribution in [-0.2, 0) is 24.7 Å². The van der Waals surface area contributed by atoms with Gasteiger partial charge in [-0.3, -0.25) is 0 Å². The molecule has 4 aromatic heterocycles. The van der Waals surface area contributed by atoms with Crippen LogP contribution in [0.2, 0.25) is 0 Å². The third-order valence-electron chi connectivity index (χ3n) is 8.26. The summed E-state index contributed by atoms with van der Waals surface area (Å²) in [6.45, 7) is 0. The highest BCUT2D eigenvalue weighted by Crippen LogP contribution is 2.49. The van der Waals surface area contributed by atoms with Crippen LogP contribution in [0.1, 0.15) is 22.8 Å². The van der Waals surface area contributed by atoms with E-state index < -0.39 is 70.1 Å². The fourth-order valence-electron chi connectivity index (χ4n) is 6.50. The van der Waals surface area contributed by atoms with Gasteiger partial charge in [-0.25, -0.2) is 39.9 Å². The average molecular weight is 706 g/mol. The first kappa shape index (κ1) is 30.3. The molecule has 0 unspecified atom stereocenters. The van der Waals surface area contributed by atoms with Gasteiger partial charge in [0.05, 0.1) is 11.0 Å². The van der Waals surface area contributed by atoms with E-state index in [1.165, 1.54) is 24.3 Å². The van der Waals surface area contributed by atoms with E-state index in [1.807, 2.05) is 0 Å². The van der Waals surface area contributed by atoms with Gasteiger partial charge in [0.1, 0.15) is 11.0 Å². The maximum atomic E-state index is 13.7. The number of fused-ring (bicyclic) bond motifs is 10. The molecule has 20 heteroatoms. The summed E-state index contributed by atoms with van der Waals surface area (Å²) in [5.74, 6) is 0. The lowest BCUT2D eigenvalue weighted by Crippen LogP contribution is -2.21. The molecule has 9 aromatic rings. The molecule has 0 bridgehead atoms. The van der Waals surface area contributed by atoms with Gasteiger partial charge in [0.2, 0.25) is 0 Å². The fourth-order valence-corrected chi connectivity index (χ4v) is 6.50. The van der Waals surface area contributed by atoms with Gasteiger partial charge in [0, 0.05) is 32.3 Å². The Morgan fingerprint density at radius 3 is 0.840 bits per heavy atom. The van der Waals surface area contributed by atoms with E-state index in [1.54, 1.807) is 12.1 Å². The number of aromatic nitrogens is 8. The van der Waals surface area contributed by atoms with E-state index >= 15 is 0 Å². The van der Waals surface area contributed by atoms with Gasteiger partial charge >= 0.3 is 24.7 Å². The van der Waals surface area contributed by atoms with Gasteiger partial charge in [0.15, 0.2) is 45.4 Å². The Morgan fingerprint density at radius 2 is 0.560 bits per heavy atom. The largest absolute Gasteiger partial charge is 0.435 e. The summed E-state index contributed by atoms with van der Waals surface area (Å²) in [6, 6.07) is 9.20. The summed E-state index contributed by atoms with van der Waals surface area (Å²) < 4.78 is 164. The molecule has 0 N–H and O–H groups in total. The molecule has 0 amide bonds. The summed E-state index contributed by atoms with van der Waals surface area (Å²) in [4.78, 5) is 29.5. The van der Waals surface area contributed by atoms with Gasteiger partial charge in [0.25, 0.3) is 0 Å². The van der Waals surface area contributed by atoms with Crippen LogP contribution < -0.4 is 0 Å². The van der Waals surface area contributed by atoms with Crippen LogP contribution in [-0.4, -0.2) is 39.9 Å². The van der Waals surface area contributed by atoms with Crippen molar-refractivity contribution in [1.29, 1.82) is 0 Å². The molecule has 0 saturated carbocycles. The molecule has 0 aliphatic carbocycles. The van der Waals surface area contributed by atoms with Crippen molar-refractivity contribution >= 4 is 87.7 Å². The maximum absolute atomic E-state index is 13.7. The SMILES string of the molecule is FC(F)(F)c1nc2nc3c4cccc5c4c(c4cccc6c7nc8nc(C(F)(F)F)c(C(F)(F)F)nc8nc7c5c64)c3nc2nc1C(F)(F)F. The molecule has 0 radical (unpaired) electrons. The van der Waals surface area contributed by atoms with Crippen molar-refractivity contribution in [3.8, 4) is 0 Å². The van der Waals surface area contributed by atoms with Crippen molar-refractivity contribution in [2.24, 2.45) is 0 Å². The molecular weight excluding hydrogens is 700 g/mol. The van der Waals surface area contributed by atoms with Crippen molar-refractivity contribution in [2.45, 2.75) is 24.7 Å². The second-order valence-electron chi connectivity index (χ2n) is 11.2. The van der Waals surface area contributed by atoms with Gasteiger partial charge in [-0.1, -0.05) is 36.4 Å². The highest BCUT2D eigenvalue weighted by molar-refractivity contribution is 6.46. The monoisotopic (exact) mass is 706 g/mol. The number of rotatable bonds is 0. The second-order valence-corrected chi connectivity index (χ2v) is 11.2. The van der Waals surface area contributed by atoms with E-state index in [-0.39, 0.29) is 43.6 Å². The minimum atomic E-state index is -5.55. The lowest BCUT2D eigenvalue weighted by Gasteiger charge is -2.13. The number of hydrogen-bond acceptors (Lipinski definition) is 8. The maximum Gasteiger partial charge on any atom is 0.435 e. The third-order valence-corrected chi connectivity index (χ3v) is 8.26. The van der Waals surface area contributed by atoms with E-state index in [0.717, 1.165) is 0 Å². The molecule has 5 aromatic carbocycles. The fraction of sp³-hybridized carbons (Fsp3) is 0.133. The minimum Gasteiger partial charge on any atom is -0.223 e. The van der Waals surface area contributed by atoms with Crippen molar-refractivity contribution in [3.63, 3.8) is 0 Å². The van der Waals surface area contributed by atoms with Crippen LogP contribution in [0.15, 0.2) is 36.4 Å². The van der Waals surface area contributed by atoms with Crippen LogP contribution >= 0.6 is 0 Å². The topological polar surface area (TPSA) is 103 Å². The Hall–Kier alpha value is -5.82. The summed E-state index contributed by atoms with van der Waals surface area (Å²) >= 11 is 0. The highest BCUT2D eigenvalue weighted by atomic mass is 19.4. The van der Waals surface area contributed by atoms with E-state index in [2.05, 4.69) is 39.9 Å². The summed E-state index contributed by atoms with van der Waals surface area (Å²) in [6.07, 6.45) is -22.2. The van der Waals surface area contributed by atoms with Crippen molar-refractivity contribution in [1.82, 2.24) is 39.9 Å². The predicted octanol–water partition coefficient (Wildman–Crippen LogP) is 9.02. The van der Waals surface area contributed by atoms with Crippen LogP contribution in [0.4, 0.5) is 52.7 Å². The first-order chi connectivity index (χ1) is 23.3. The zero-order valence-corrected chi connectivity index (χ0v) is 23.6. The number of benzene rings is 3. The Labute approximate surface area is 264 Å². The van der Waals surface area contributed by atoms with Crippen LogP contribution in [0, 0.1) is 0 Å². The molecule has 0 fully saturated rings. The first-order valence-corrected chi connectivity index (χ1v) is 13.8. The smallest absolute Gasteiger partial charge is 0.223 e. The number of nitrogens with zero attached hydrogens (tertiary/aromatic N) is 8. The molecular formula is C30H6F12N8. The lowest BCUT2D eigenvalue weighted by molar-refractivity contribution is -0.167. The first-order valence-electron chi connectivity index (χ1n) is 13.8. The summed E-state index contributed by atoms with van der Waals surface area (Å²) in [5, 5.41) is 2.51. The van der Waals surface area contributed by atoms with Crippen LogP contribution in [0.25, 0.3) is 87.7 Å². The zero-order chi connectivity index (χ0) is 35.4. The normalized spacial score (nSPS) is 14.0. The molecule has 250 valence electrons. The Morgan fingerprint density at radius 1 is 0.300 bits per heavy atom. The third kappa shape index (κ3) is 3.97. The van der Waals surface area contributed by atoms with E-state index in [0.29, 0.717) is 21.5 Å².